The summed E-state index contributed by atoms with van der Waals surface area (Å²) in [6.07, 6.45) is 2.22. The fraction of sp³-hybridized carbons (Fsp3) is 0.318. The molecular formula is C22H27BN4O6S. The van der Waals surface area contributed by atoms with E-state index in [-0.39, 0.29) is 11.0 Å². The zero-order chi connectivity index (χ0) is 25.4. The van der Waals surface area contributed by atoms with Crippen molar-refractivity contribution >= 4 is 40.6 Å². The molecule has 2 amide bonds. The van der Waals surface area contributed by atoms with Gasteiger partial charge in [0.2, 0.25) is 10.0 Å². The fourth-order valence-electron chi connectivity index (χ4n) is 3.51. The minimum Gasteiger partial charge on any atom is -0.496 e. The summed E-state index contributed by atoms with van der Waals surface area (Å²) >= 11 is 0. The molecule has 1 aliphatic heterocycles. The Morgan fingerprint density at radius 3 is 2.47 bits per heavy atom. The second kappa shape index (κ2) is 9.11. The first kappa shape index (κ1) is 25.3. The first-order valence-corrected chi connectivity index (χ1v) is 12.2. The molecule has 0 fully saturated rings. The first-order valence-electron chi connectivity index (χ1n) is 10.4. The number of amides is 2. The van der Waals surface area contributed by atoms with Crippen LogP contribution >= 0.6 is 0 Å². The molecule has 2 N–H and O–H groups in total. The summed E-state index contributed by atoms with van der Waals surface area (Å²) in [5, 5.41) is 15.5. The van der Waals surface area contributed by atoms with Crippen LogP contribution in [0.1, 0.15) is 52.6 Å². The van der Waals surface area contributed by atoms with Crippen LogP contribution in [0.2, 0.25) is 0 Å². The van der Waals surface area contributed by atoms with E-state index in [1.165, 1.54) is 30.5 Å². The number of rotatable bonds is 4. The number of fused-ring (bicyclic) bond motifs is 1. The number of hydrazine groups is 1. The van der Waals surface area contributed by atoms with E-state index in [9.17, 15) is 23.0 Å². The van der Waals surface area contributed by atoms with Gasteiger partial charge in [0.1, 0.15) is 5.75 Å². The number of carbonyl (C=O) groups is 2. The minimum atomic E-state index is -3.82. The van der Waals surface area contributed by atoms with E-state index in [2.05, 4.69) is 10.5 Å². The van der Waals surface area contributed by atoms with E-state index in [1.807, 2.05) is 0 Å². The van der Waals surface area contributed by atoms with E-state index in [1.54, 1.807) is 52.0 Å². The van der Waals surface area contributed by atoms with Gasteiger partial charge in [-0.25, -0.2) is 17.8 Å². The average Bonchev–Trinajstić information content (AvgIpc) is 2.75. The van der Waals surface area contributed by atoms with Gasteiger partial charge in [0, 0.05) is 16.7 Å². The van der Waals surface area contributed by atoms with Crippen LogP contribution in [-0.4, -0.2) is 66.8 Å². The number of methoxy groups -OCH3 is 1. The van der Waals surface area contributed by atoms with Crippen LogP contribution in [0.5, 0.6) is 5.75 Å². The van der Waals surface area contributed by atoms with E-state index >= 15 is 0 Å². The van der Waals surface area contributed by atoms with Crippen molar-refractivity contribution in [2.75, 3.05) is 13.4 Å². The second-order valence-corrected chi connectivity index (χ2v) is 10.7. The van der Waals surface area contributed by atoms with Crippen LogP contribution in [0.4, 0.5) is 0 Å². The molecule has 1 heterocycles. The lowest BCUT2D eigenvalue weighted by Crippen LogP contribution is -2.56. The summed E-state index contributed by atoms with van der Waals surface area (Å²) in [4.78, 5) is 26.5. The molecule has 0 atom stereocenters. The number of hydrogen-bond donors (Lipinski definition) is 2. The molecule has 0 bridgehead atoms. The molecule has 0 radical (unpaired) electrons. The van der Waals surface area contributed by atoms with Gasteiger partial charge in [-0.3, -0.25) is 15.0 Å². The van der Waals surface area contributed by atoms with Crippen molar-refractivity contribution in [2.24, 2.45) is 5.10 Å². The van der Waals surface area contributed by atoms with Crippen molar-refractivity contribution in [3.8, 4) is 5.75 Å². The van der Waals surface area contributed by atoms with Crippen molar-refractivity contribution in [3.63, 3.8) is 0 Å². The molecule has 2 aromatic rings. The number of benzene rings is 2. The van der Waals surface area contributed by atoms with Gasteiger partial charge in [0.25, 0.3) is 11.8 Å². The van der Waals surface area contributed by atoms with Crippen molar-refractivity contribution in [2.45, 2.75) is 33.2 Å². The van der Waals surface area contributed by atoms with Crippen molar-refractivity contribution < 1.29 is 27.8 Å². The van der Waals surface area contributed by atoms with E-state index in [0.29, 0.717) is 26.8 Å². The zero-order valence-corrected chi connectivity index (χ0v) is 20.7. The highest BCUT2D eigenvalue weighted by molar-refractivity contribution is 7.89. The second-order valence-electron chi connectivity index (χ2n) is 8.88. The minimum absolute atomic E-state index is 0.152. The maximum absolute atomic E-state index is 13.5. The Morgan fingerprint density at radius 2 is 1.88 bits per heavy atom. The van der Waals surface area contributed by atoms with Crippen molar-refractivity contribution in [1.29, 1.82) is 0 Å². The number of carbonyl (C=O) groups excluding carboxylic acids is 2. The third-order valence-corrected chi connectivity index (χ3v) is 6.28. The third-order valence-electron chi connectivity index (χ3n) is 5.31. The van der Waals surface area contributed by atoms with Crippen LogP contribution < -0.4 is 15.6 Å². The van der Waals surface area contributed by atoms with Crippen LogP contribution in [0.25, 0.3) is 0 Å². The normalized spacial score (nSPS) is 13.4. The standard InChI is InChI=1S/C22H27BN4O6S/c1-14-17(8-7-9-19(14)33-5)20(28)25-26(22(2,3)4)21(29)15-10-11-16-13-24-27(34(6,31)32)23(30)18(16)12-15/h7-13,30H,1-6H3,(H,25,28). The molecule has 0 aliphatic carbocycles. The number of hydrogen-bond acceptors (Lipinski definition) is 7. The smallest absolute Gasteiger partial charge is 0.484 e. The van der Waals surface area contributed by atoms with Crippen molar-refractivity contribution in [1.82, 2.24) is 14.8 Å². The van der Waals surface area contributed by atoms with Crippen LogP contribution in [0.3, 0.4) is 0 Å². The van der Waals surface area contributed by atoms with Gasteiger partial charge in [-0.2, -0.15) is 5.10 Å². The van der Waals surface area contributed by atoms with E-state index in [4.69, 9.17) is 4.74 Å². The zero-order valence-electron chi connectivity index (χ0n) is 19.9. The summed E-state index contributed by atoms with van der Waals surface area (Å²) in [5.41, 5.74) is 3.68. The highest BCUT2D eigenvalue weighted by atomic mass is 32.2. The molecule has 180 valence electrons. The summed E-state index contributed by atoms with van der Waals surface area (Å²) in [7, 11) is -3.90. The maximum atomic E-state index is 13.5. The molecule has 0 aromatic heterocycles. The summed E-state index contributed by atoms with van der Waals surface area (Å²) in [6.45, 7) is 7.02. The Balaban J connectivity index is 1.96. The molecule has 2 aromatic carbocycles. The van der Waals surface area contributed by atoms with Crippen LogP contribution in [0.15, 0.2) is 41.5 Å². The fourth-order valence-corrected chi connectivity index (χ4v) is 4.21. The largest absolute Gasteiger partial charge is 0.496 e. The van der Waals surface area contributed by atoms with Gasteiger partial charge in [0.05, 0.1) is 25.1 Å². The molecule has 34 heavy (non-hydrogen) atoms. The number of ether oxygens (including phenoxy) is 1. The number of sulfonamides is 1. The van der Waals surface area contributed by atoms with Gasteiger partial charge < -0.3 is 9.76 Å². The molecule has 0 saturated carbocycles. The molecule has 12 heteroatoms. The monoisotopic (exact) mass is 486 g/mol. The number of nitrogens with zero attached hydrogens (tertiary/aromatic N) is 3. The topological polar surface area (TPSA) is 129 Å². The molecule has 3 rings (SSSR count). The molecule has 0 unspecified atom stereocenters. The lowest BCUT2D eigenvalue weighted by molar-refractivity contribution is 0.0358. The highest BCUT2D eigenvalue weighted by Gasteiger charge is 2.37. The SMILES string of the molecule is COc1cccc(C(=O)NN(C(=O)c2ccc3c(c2)B(O)N(S(C)(=O)=O)N=C3)C(C)(C)C)c1C. The molecule has 10 nitrogen and oxygen atoms in total. The van der Waals surface area contributed by atoms with Gasteiger partial charge in [-0.15, -0.1) is 0 Å². The van der Waals surface area contributed by atoms with Gasteiger partial charge >= 0.3 is 7.05 Å². The van der Waals surface area contributed by atoms with Gasteiger partial charge in [0.15, 0.2) is 0 Å². The Kier molecular flexibility index (Phi) is 6.76. The van der Waals surface area contributed by atoms with E-state index in [0.717, 1.165) is 6.26 Å². The van der Waals surface area contributed by atoms with Gasteiger partial charge in [-0.1, -0.05) is 12.1 Å². The Hall–Kier alpha value is -3.38. The highest BCUT2D eigenvalue weighted by Crippen LogP contribution is 2.22. The quantitative estimate of drug-likeness (QED) is 0.488. The summed E-state index contributed by atoms with van der Waals surface area (Å²) < 4.78 is 29.7. The predicted molar refractivity (Wildman–Crippen MR) is 129 cm³/mol. The molecular weight excluding hydrogens is 459 g/mol. The molecule has 0 spiro atoms. The van der Waals surface area contributed by atoms with E-state index < -0.39 is 34.4 Å². The lowest BCUT2D eigenvalue weighted by atomic mass is 9.71. The Morgan fingerprint density at radius 1 is 1.21 bits per heavy atom. The Labute approximate surface area is 199 Å². The lowest BCUT2D eigenvalue weighted by Gasteiger charge is -2.36. The number of nitrogens with one attached hydrogen (secondary N) is 1. The maximum Gasteiger partial charge on any atom is 0.484 e. The first-order chi connectivity index (χ1) is 15.8. The van der Waals surface area contributed by atoms with Crippen LogP contribution in [-0.2, 0) is 10.0 Å². The Bertz CT molecular complexity index is 1270. The van der Waals surface area contributed by atoms with Gasteiger partial charge in [-0.05, 0) is 63.0 Å². The average molecular weight is 486 g/mol. The molecule has 1 aliphatic rings. The van der Waals surface area contributed by atoms with Crippen molar-refractivity contribution in [3.05, 3.63) is 58.7 Å². The number of hydrazone groups is 1. The summed E-state index contributed by atoms with van der Waals surface area (Å²) in [5.74, 6) is -0.486. The summed E-state index contributed by atoms with van der Waals surface area (Å²) in [6, 6.07) is 9.53. The third kappa shape index (κ3) is 4.92. The van der Waals surface area contributed by atoms with Crippen LogP contribution in [0, 0.1) is 6.92 Å². The molecule has 0 saturated heterocycles. The predicted octanol–water partition coefficient (Wildman–Crippen LogP) is 0.886.